The monoisotopic (exact) mass is 370 g/mol. The summed E-state index contributed by atoms with van der Waals surface area (Å²) in [6, 6.07) is 13.9. The lowest BCUT2D eigenvalue weighted by Crippen LogP contribution is -2.47. The number of halogens is 2. The van der Waals surface area contributed by atoms with E-state index in [4.69, 9.17) is 4.74 Å². The van der Waals surface area contributed by atoms with Gasteiger partial charge in [-0.15, -0.1) is 0 Å². The number of hydrogen-bond acceptors (Lipinski definition) is 3. The molecule has 0 radical (unpaired) electrons. The maximum absolute atomic E-state index is 13.6. The van der Waals surface area contributed by atoms with E-state index < -0.39 is 17.4 Å². The minimum absolute atomic E-state index is 0.0631. The van der Waals surface area contributed by atoms with Crippen LogP contribution in [0.2, 0.25) is 0 Å². The van der Waals surface area contributed by atoms with E-state index in [1.54, 1.807) is 6.07 Å². The van der Waals surface area contributed by atoms with Crippen LogP contribution in [0.25, 0.3) is 0 Å². The minimum Gasteiger partial charge on any atom is -0.344 e. The molecule has 3 atom stereocenters. The number of ether oxygens (including phenoxy) is 1. The number of amides is 1. The number of likely N-dealkylation sites (tertiary alicyclic amines) is 1. The van der Waals surface area contributed by atoms with Crippen molar-refractivity contribution in [2.75, 3.05) is 13.1 Å². The average molecular weight is 370 g/mol. The van der Waals surface area contributed by atoms with Gasteiger partial charge in [0.1, 0.15) is 6.10 Å². The minimum atomic E-state index is -0.844. The summed E-state index contributed by atoms with van der Waals surface area (Å²) in [4.78, 5) is 16.7. The predicted octanol–water partition coefficient (Wildman–Crippen LogP) is 3.24. The second-order valence-corrected chi connectivity index (χ2v) is 7.56. The van der Waals surface area contributed by atoms with Crippen LogP contribution in [0.4, 0.5) is 8.78 Å². The maximum atomic E-state index is 13.6. The van der Waals surface area contributed by atoms with Gasteiger partial charge >= 0.3 is 0 Å². The molecule has 3 aliphatic rings. The van der Waals surface area contributed by atoms with Gasteiger partial charge in [0.25, 0.3) is 0 Å². The zero-order valence-electron chi connectivity index (χ0n) is 14.8. The van der Waals surface area contributed by atoms with E-state index in [1.807, 2.05) is 35.2 Å². The molecule has 3 saturated heterocycles. The van der Waals surface area contributed by atoms with E-state index in [0.717, 1.165) is 24.6 Å². The van der Waals surface area contributed by atoms with Crippen LogP contribution < -0.4 is 0 Å². The first-order valence-electron chi connectivity index (χ1n) is 9.28. The molecule has 140 valence electrons. The molecule has 1 spiro atoms. The molecule has 1 amide bonds. The van der Waals surface area contributed by atoms with Crippen molar-refractivity contribution < 1.29 is 18.3 Å². The van der Waals surface area contributed by atoms with Gasteiger partial charge in [0.05, 0.1) is 12.6 Å². The summed E-state index contributed by atoms with van der Waals surface area (Å²) >= 11 is 0. The Balaban J connectivity index is 1.39. The third-order valence-corrected chi connectivity index (χ3v) is 6.08. The van der Waals surface area contributed by atoms with E-state index in [-0.39, 0.29) is 18.1 Å². The SMILES string of the molecule is O=C1C[C@H]2N(Cc3ccc(F)c(F)c3)CC[C@]23O[C@@H](c2ccccc2)CN13. The summed E-state index contributed by atoms with van der Waals surface area (Å²) in [5, 5.41) is 0. The highest BCUT2D eigenvalue weighted by molar-refractivity contribution is 5.81. The molecular formula is C21H20F2N2O2. The Labute approximate surface area is 156 Å². The first-order valence-corrected chi connectivity index (χ1v) is 9.28. The number of nitrogens with zero attached hydrogens (tertiary/aromatic N) is 2. The molecule has 5 rings (SSSR count). The van der Waals surface area contributed by atoms with E-state index in [0.29, 0.717) is 25.1 Å². The van der Waals surface area contributed by atoms with Crippen LogP contribution in [0.15, 0.2) is 48.5 Å². The largest absolute Gasteiger partial charge is 0.344 e. The van der Waals surface area contributed by atoms with Gasteiger partial charge in [0, 0.05) is 25.9 Å². The Morgan fingerprint density at radius 2 is 1.93 bits per heavy atom. The standard InChI is InChI=1S/C21H20F2N2O2/c22-16-7-6-14(10-17(16)23)12-24-9-8-21-19(24)11-20(26)25(21)13-18(27-21)15-4-2-1-3-5-15/h1-7,10,18-19H,8-9,11-13H2/t18-,19-,21+/m1/s1. The lowest BCUT2D eigenvalue weighted by atomic mass is 10.1. The molecule has 3 aliphatic heterocycles. The average Bonchev–Trinajstić information content (AvgIpc) is 3.29. The van der Waals surface area contributed by atoms with Gasteiger partial charge in [-0.3, -0.25) is 9.69 Å². The first-order chi connectivity index (χ1) is 13.1. The Bertz CT molecular complexity index is 891. The molecule has 0 N–H and O–H groups in total. The van der Waals surface area contributed by atoms with Crippen molar-refractivity contribution in [1.82, 2.24) is 9.80 Å². The summed E-state index contributed by atoms with van der Waals surface area (Å²) in [5.74, 6) is -1.58. The molecular weight excluding hydrogens is 350 g/mol. The van der Waals surface area contributed by atoms with Crippen LogP contribution >= 0.6 is 0 Å². The highest BCUT2D eigenvalue weighted by atomic mass is 19.2. The van der Waals surface area contributed by atoms with Gasteiger partial charge in [0.15, 0.2) is 17.4 Å². The van der Waals surface area contributed by atoms with E-state index in [9.17, 15) is 13.6 Å². The normalized spacial score (nSPS) is 30.0. The van der Waals surface area contributed by atoms with E-state index in [2.05, 4.69) is 4.90 Å². The number of hydrogen-bond donors (Lipinski definition) is 0. The lowest BCUT2D eigenvalue weighted by Gasteiger charge is -2.32. The molecule has 0 aliphatic carbocycles. The van der Waals surface area contributed by atoms with Crippen LogP contribution in [0.1, 0.15) is 30.1 Å². The molecule has 0 bridgehead atoms. The van der Waals surface area contributed by atoms with Crippen LogP contribution in [-0.2, 0) is 16.1 Å². The van der Waals surface area contributed by atoms with Crippen molar-refractivity contribution in [2.24, 2.45) is 0 Å². The predicted molar refractivity (Wildman–Crippen MR) is 94.5 cm³/mol. The van der Waals surface area contributed by atoms with Crippen molar-refractivity contribution >= 4 is 5.91 Å². The number of carbonyl (C=O) groups excluding carboxylic acids is 1. The molecule has 4 nitrogen and oxygen atoms in total. The van der Waals surface area contributed by atoms with Crippen LogP contribution in [-0.4, -0.2) is 40.6 Å². The fraction of sp³-hybridized carbons (Fsp3) is 0.381. The Morgan fingerprint density at radius 1 is 1.11 bits per heavy atom. The summed E-state index contributed by atoms with van der Waals surface area (Å²) in [5.41, 5.74) is 1.18. The Kier molecular flexibility index (Phi) is 3.81. The van der Waals surface area contributed by atoms with Crippen molar-refractivity contribution in [3.05, 3.63) is 71.3 Å². The molecule has 0 saturated carbocycles. The fourth-order valence-corrected chi connectivity index (χ4v) is 4.81. The zero-order valence-corrected chi connectivity index (χ0v) is 14.8. The summed E-state index contributed by atoms with van der Waals surface area (Å²) in [6.45, 7) is 1.80. The summed E-state index contributed by atoms with van der Waals surface area (Å²) in [6.07, 6.45) is 1.02. The van der Waals surface area contributed by atoms with Crippen LogP contribution in [0.3, 0.4) is 0 Å². The Morgan fingerprint density at radius 3 is 2.70 bits per heavy atom. The third kappa shape index (κ3) is 2.58. The molecule has 3 fully saturated rings. The van der Waals surface area contributed by atoms with E-state index >= 15 is 0 Å². The lowest BCUT2D eigenvalue weighted by molar-refractivity contribution is -0.138. The third-order valence-electron chi connectivity index (χ3n) is 6.08. The quantitative estimate of drug-likeness (QED) is 0.832. The van der Waals surface area contributed by atoms with E-state index in [1.165, 1.54) is 6.07 Å². The molecule has 27 heavy (non-hydrogen) atoms. The second-order valence-electron chi connectivity index (χ2n) is 7.56. The molecule has 0 aromatic heterocycles. The highest BCUT2D eigenvalue weighted by Crippen LogP contribution is 2.50. The van der Waals surface area contributed by atoms with Gasteiger partial charge in [-0.1, -0.05) is 36.4 Å². The molecule has 2 aromatic carbocycles. The van der Waals surface area contributed by atoms with Gasteiger partial charge in [-0.05, 0) is 23.3 Å². The smallest absolute Gasteiger partial charge is 0.226 e. The maximum Gasteiger partial charge on any atom is 0.226 e. The molecule has 3 heterocycles. The highest BCUT2D eigenvalue weighted by Gasteiger charge is 2.63. The van der Waals surface area contributed by atoms with Crippen molar-refractivity contribution in [2.45, 2.75) is 37.3 Å². The summed E-state index contributed by atoms with van der Waals surface area (Å²) in [7, 11) is 0. The number of benzene rings is 2. The number of rotatable bonds is 3. The van der Waals surface area contributed by atoms with Gasteiger partial charge < -0.3 is 9.64 Å². The molecule has 0 unspecified atom stereocenters. The fourth-order valence-electron chi connectivity index (χ4n) is 4.81. The van der Waals surface area contributed by atoms with Crippen LogP contribution in [0.5, 0.6) is 0 Å². The number of carbonyl (C=O) groups is 1. The summed E-state index contributed by atoms with van der Waals surface area (Å²) < 4.78 is 33.2. The van der Waals surface area contributed by atoms with Crippen LogP contribution in [0, 0.1) is 11.6 Å². The topological polar surface area (TPSA) is 32.8 Å². The second kappa shape index (κ2) is 6.11. The van der Waals surface area contributed by atoms with Gasteiger partial charge in [-0.2, -0.15) is 0 Å². The molecule has 6 heteroatoms. The van der Waals surface area contributed by atoms with Crippen molar-refractivity contribution in [1.29, 1.82) is 0 Å². The van der Waals surface area contributed by atoms with Gasteiger partial charge in [0.2, 0.25) is 5.91 Å². The van der Waals surface area contributed by atoms with Gasteiger partial charge in [-0.25, -0.2) is 8.78 Å². The molecule has 2 aromatic rings. The van der Waals surface area contributed by atoms with Crippen molar-refractivity contribution in [3.8, 4) is 0 Å². The Hall–Kier alpha value is -2.31. The first kappa shape index (κ1) is 16.8. The zero-order chi connectivity index (χ0) is 18.6. The van der Waals surface area contributed by atoms with Crippen molar-refractivity contribution in [3.63, 3.8) is 0 Å².